The van der Waals surface area contributed by atoms with Gasteiger partial charge in [0.2, 0.25) is 5.89 Å². The van der Waals surface area contributed by atoms with Crippen molar-refractivity contribution in [3.8, 4) is 11.5 Å². The van der Waals surface area contributed by atoms with Gasteiger partial charge < -0.3 is 10.2 Å². The van der Waals surface area contributed by atoms with Crippen LogP contribution in [0.2, 0.25) is 0 Å². The predicted octanol–water partition coefficient (Wildman–Crippen LogP) is 4.48. The Labute approximate surface area is 134 Å². The first-order valence-electron chi connectivity index (χ1n) is 6.21. The van der Waals surface area contributed by atoms with Gasteiger partial charge in [0.15, 0.2) is 5.58 Å². The number of nitrogens with two attached hydrogens (primary N) is 1. The lowest BCUT2D eigenvalue weighted by molar-refractivity contribution is 0.620. The topological polar surface area (TPSA) is 64.4 Å². The summed E-state index contributed by atoms with van der Waals surface area (Å²) in [4.78, 5) is 8.68. The van der Waals surface area contributed by atoms with Gasteiger partial charge in [0.1, 0.15) is 11.4 Å². The van der Waals surface area contributed by atoms with Gasteiger partial charge in [-0.25, -0.2) is 9.98 Å². The van der Waals surface area contributed by atoms with E-state index < -0.39 is 0 Å². The van der Waals surface area contributed by atoms with Gasteiger partial charge in [0.25, 0.3) is 0 Å². The van der Waals surface area contributed by atoms with E-state index in [1.54, 1.807) is 0 Å². The standard InChI is InChI=1S/C15H11BrClN3O/c16-10-3-1-2-9(6-10)15-20-12-7-11(19-14(18)8-17)4-5-13(12)21-15/h1-7H,8H2,(H2,18,19). The van der Waals surface area contributed by atoms with Crippen LogP contribution in [0.1, 0.15) is 0 Å². The first-order chi connectivity index (χ1) is 10.2. The Kier molecular flexibility index (Phi) is 3.94. The second-order valence-corrected chi connectivity index (χ2v) is 5.60. The Morgan fingerprint density at radius 1 is 1.29 bits per heavy atom. The average molecular weight is 365 g/mol. The summed E-state index contributed by atoms with van der Waals surface area (Å²) in [5.41, 5.74) is 8.68. The molecule has 6 heteroatoms. The van der Waals surface area contributed by atoms with Crippen LogP contribution in [0.15, 0.2) is 56.3 Å². The van der Waals surface area contributed by atoms with Crippen LogP contribution in [0.5, 0.6) is 0 Å². The highest BCUT2D eigenvalue weighted by Crippen LogP contribution is 2.28. The van der Waals surface area contributed by atoms with Gasteiger partial charge in [-0.2, -0.15) is 0 Å². The number of aliphatic imine (C=N–C) groups is 1. The number of hydrogen-bond acceptors (Lipinski definition) is 3. The summed E-state index contributed by atoms with van der Waals surface area (Å²) in [6.45, 7) is 0. The molecule has 21 heavy (non-hydrogen) atoms. The van der Waals surface area contributed by atoms with E-state index in [2.05, 4.69) is 25.9 Å². The van der Waals surface area contributed by atoms with Crippen molar-refractivity contribution in [2.75, 3.05) is 5.88 Å². The summed E-state index contributed by atoms with van der Waals surface area (Å²) in [7, 11) is 0. The van der Waals surface area contributed by atoms with Crippen molar-refractivity contribution in [2.45, 2.75) is 0 Å². The first kappa shape index (κ1) is 14.1. The van der Waals surface area contributed by atoms with Crippen LogP contribution in [-0.4, -0.2) is 16.7 Å². The summed E-state index contributed by atoms with van der Waals surface area (Å²) in [6, 6.07) is 13.2. The SMILES string of the molecule is NC(CCl)=Nc1ccc2oc(-c3cccc(Br)c3)nc2c1. The van der Waals surface area contributed by atoms with E-state index in [4.69, 9.17) is 21.8 Å². The molecule has 0 fully saturated rings. The third-order valence-electron chi connectivity index (χ3n) is 2.85. The van der Waals surface area contributed by atoms with Crippen molar-refractivity contribution in [2.24, 2.45) is 10.7 Å². The zero-order valence-corrected chi connectivity index (χ0v) is 13.2. The van der Waals surface area contributed by atoms with Gasteiger partial charge in [-0.15, -0.1) is 11.6 Å². The normalized spacial score (nSPS) is 12.0. The number of hydrogen-bond donors (Lipinski definition) is 1. The fourth-order valence-electron chi connectivity index (χ4n) is 1.93. The molecule has 0 atom stereocenters. The molecular weight excluding hydrogens is 354 g/mol. The number of nitrogens with zero attached hydrogens (tertiary/aromatic N) is 2. The summed E-state index contributed by atoms with van der Waals surface area (Å²) in [6.07, 6.45) is 0. The highest BCUT2D eigenvalue weighted by molar-refractivity contribution is 9.10. The molecule has 2 aromatic carbocycles. The van der Waals surface area contributed by atoms with Crippen molar-refractivity contribution in [3.05, 3.63) is 46.9 Å². The Bertz CT molecular complexity index is 829. The van der Waals surface area contributed by atoms with Gasteiger partial charge >= 0.3 is 0 Å². The lowest BCUT2D eigenvalue weighted by Gasteiger charge is -1.95. The first-order valence-corrected chi connectivity index (χ1v) is 7.54. The highest BCUT2D eigenvalue weighted by atomic mass is 79.9. The molecule has 0 spiro atoms. The molecule has 1 heterocycles. The minimum Gasteiger partial charge on any atom is -0.436 e. The van der Waals surface area contributed by atoms with E-state index in [0.29, 0.717) is 23.0 Å². The Hall–Kier alpha value is -1.85. The largest absolute Gasteiger partial charge is 0.436 e. The number of benzene rings is 2. The molecule has 106 valence electrons. The van der Waals surface area contributed by atoms with Crippen LogP contribution in [0.25, 0.3) is 22.6 Å². The fraction of sp³-hybridized carbons (Fsp3) is 0.0667. The molecule has 0 unspecified atom stereocenters. The lowest BCUT2D eigenvalue weighted by Crippen LogP contribution is -2.12. The molecule has 4 nitrogen and oxygen atoms in total. The number of rotatable bonds is 3. The predicted molar refractivity (Wildman–Crippen MR) is 89.1 cm³/mol. The number of oxazole rings is 1. The average Bonchev–Trinajstić information content (AvgIpc) is 2.90. The third kappa shape index (κ3) is 3.09. The van der Waals surface area contributed by atoms with Crippen molar-refractivity contribution in [1.82, 2.24) is 4.98 Å². The number of amidine groups is 1. The Balaban J connectivity index is 2.04. The van der Waals surface area contributed by atoms with Gasteiger partial charge in [0, 0.05) is 10.0 Å². The van der Waals surface area contributed by atoms with E-state index in [-0.39, 0.29) is 5.88 Å². The van der Waals surface area contributed by atoms with E-state index >= 15 is 0 Å². The molecule has 3 aromatic rings. The smallest absolute Gasteiger partial charge is 0.227 e. The quantitative estimate of drug-likeness (QED) is 0.423. The van der Waals surface area contributed by atoms with Crippen LogP contribution in [0.3, 0.4) is 0 Å². The minimum absolute atomic E-state index is 0.195. The van der Waals surface area contributed by atoms with Crippen molar-refractivity contribution in [3.63, 3.8) is 0 Å². The van der Waals surface area contributed by atoms with Crippen LogP contribution in [0.4, 0.5) is 5.69 Å². The van der Waals surface area contributed by atoms with E-state index in [1.165, 1.54) is 0 Å². The lowest BCUT2D eigenvalue weighted by atomic mass is 10.2. The maximum Gasteiger partial charge on any atom is 0.227 e. The monoisotopic (exact) mass is 363 g/mol. The van der Waals surface area contributed by atoms with E-state index in [0.717, 1.165) is 15.6 Å². The van der Waals surface area contributed by atoms with Crippen molar-refractivity contribution in [1.29, 1.82) is 0 Å². The van der Waals surface area contributed by atoms with Crippen molar-refractivity contribution >= 4 is 50.2 Å². The van der Waals surface area contributed by atoms with Crippen LogP contribution in [0, 0.1) is 0 Å². The minimum atomic E-state index is 0.195. The van der Waals surface area contributed by atoms with E-state index in [1.807, 2.05) is 42.5 Å². The van der Waals surface area contributed by atoms with Crippen LogP contribution < -0.4 is 5.73 Å². The van der Waals surface area contributed by atoms with E-state index in [9.17, 15) is 0 Å². The van der Waals surface area contributed by atoms with Crippen LogP contribution >= 0.6 is 27.5 Å². The third-order valence-corrected chi connectivity index (χ3v) is 3.62. The molecule has 0 radical (unpaired) electrons. The molecular formula is C15H11BrClN3O. The Morgan fingerprint density at radius 2 is 2.14 bits per heavy atom. The van der Waals surface area contributed by atoms with Crippen LogP contribution in [-0.2, 0) is 0 Å². The van der Waals surface area contributed by atoms with Crippen molar-refractivity contribution < 1.29 is 4.42 Å². The molecule has 0 saturated carbocycles. The van der Waals surface area contributed by atoms with Gasteiger partial charge in [-0.05, 0) is 36.4 Å². The number of halogens is 2. The molecule has 2 N–H and O–H groups in total. The summed E-state index contributed by atoms with van der Waals surface area (Å²) >= 11 is 9.06. The number of aromatic nitrogens is 1. The van der Waals surface area contributed by atoms with Gasteiger partial charge in [-0.3, -0.25) is 0 Å². The maximum absolute atomic E-state index is 5.76. The zero-order chi connectivity index (χ0) is 14.8. The number of alkyl halides is 1. The summed E-state index contributed by atoms with van der Waals surface area (Å²) in [5.74, 6) is 1.13. The molecule has 0 bridgehead atoms. The zero-order valence-electron chi connectivity index (χ0n) is 10.9. The summed E-state index contributed by atoms with van der Waals surface area (Å²) in [5, 5.41) is 0. The molecule has 0 aliphatic rings. The van der Waals surface area contributed by atoms with Gasteiger partial charge in [0.05, 0.1) is 11.6 Å². The molecule has 0 aliphatic carbocycles. The summed E-state index contributed by atoms with van der Waals surface area (Å²) < 4.78 is 6.73. The van der Waals surface area contributed by atoms with Gasteiger partial charge in [-0.1, -0.05) is 22.0 Å². The second kappa shape index (κ2) is 5.87. The Morgan fingerprint density at radius 3 is 2.90 bits per heavy atom. The fourth-order valence-corrected chi connectivity index (χ4v) is 2.39. The molecule has 0 aliphatic heterocycles. The molecule has 1 aromatic heterocycles. The molecule has 0 saturated heterocycles. The second-order valence-electron chi connectivity index (χ2n) is 4.42. The highest BCUT2D eigenvalue weighted by Gasteiger charge is 2.09. The number of fused-ring (bicyclic) bond motifs is 1. The molecule has 0 amide bonds. The molecule has 3 rings (SSSR count). The maximum atomic E-state index is 5.76.